The molecule has 0 radical (unpaired) electrons. The summed E-state index contributed by atoms with van der Waals surface area (Å²) in [5.41, 5.74) is 0.458. The molecule has 1 aromatic heterocycles. The van der Waals surface area contributed by atoms with E-state index in [1.165, 1.54) is 50.8 Å². The van der Waals surface area contributed by atoms with Gasteiger partial charge in [-0.05, 0) is 73.8 Å². The summed E-state index contributed by atoms with van der Waals surface area (Å²) < 4.78 is 5.07. The van der Waals surface area contributed by atoms with Gasteiger partial charge in [0.1, 0.15) is 5.15 Å². The van der Waals surface area contributed by atoms with Crippen LogP contribution in [0.25, 0.3) is 0 Å². The number of hydrogen-bond donors (Lipinski definition) is 1. The molecule has 0 saturated heterocycles. The Kier molecular flexibility index (Phi) is 4.44. The van der Waals surface area contributed by atoms with Crippen LogP contribution in [0.3, 0.4) is 0 Å². The van der Waals surface area contributed by atoms with Gasteiger partial charge in [0, 0.05) is 12.7 Å². The number of halogens is 1. The van der Waals surface area contributed by atoms with Gasteiger partial charge in [0.2, 0.25) is 0 Å². The highest BCUT2D eigenvalue weighted by Gasteiger charge is 2.50. The van der Waals surface area contributed by atoms with Gasteiger partial charge in [0.25, 0.3) is 5.91 Å². The summed E-state index contributed by atoms with van der Waals surface area (Å²) in [4.78, 5) is 27.9. The van der Waals surface area contributed by atoms with E-state index in [9.17, 15) is 9.59 Å². The van der Waals surface area contributed by atoms with Crippen LogP contribution in [0.2, 0.25) is 5.15 Å². The van der Waals surface area contributed by atoms with E-state index < -0.39 is 5.97 Å². The summed E-state index contributed by atoms with van der Waals surface area (Å²) >= 11 is 5.86. The van der Waals surface area contributed by atoms with Crippen molar-refractivity contribution >= 4 is 23.5 Å². The molecule has 134 valence electrons. The monoisotopic (exact) mass is 362 g/mol. The number of hydrogen-bond acceptors (Lipinski definition) is 4. The molecule has 5 rings (SSSR count). The Balaban J connectivity index is 1.27. The van der Waals surface area contributed by atoms with Crippen molar-refractivity contribution in [1.29, 1.82) is 0 Å². The Hall–Kier alpha value is -1.62. The molecule has 1 aromatic rings. The zero-order valence-electron chi connectivity index (χ0n) is 14.2. The standard InChI is InChI=1S/C19H23ClN2O3/c20-17-15(2-1-3-21-17)18(24)25-10-16(23)22-11-19-7-12-4-13(8-19)6-14(5-12)9-19/h1-3,12-14H,4-11H2,(H,22,23). The first kappa shape index (κ1) is 16.8. The fourth-order valence-corrected chi connectivity index (χ4v) is 5.79. The first-order valence-corrected chi connectivity index (χ1v) is 9.45. The number of rotatable bonds is 5. The van der Waals surface area contributed by atoms with Gasteiger partial charge in [-0.3, -0.25) is 4.79 Å². The van der Waals surface area contributed by atoms with E-state index >= 15 is 0 Å². The van der Waals surface area contributed by atoms with E-state index in [-0.39, 0.29) is 28.6 Å². The number of ether oxygens (including phenoxy) is 1. The number of carbonyl (C=O) groups is 2. The van der Waals surface area contributed by atoms with Crippen LogP contribution in [0.5, 0.6) is 0 Å². The summed E-state index contributed by atoms with van der Waals surface area (Å²) in [6, 6.07) is 3.14. The maximum Gasteiger partial charge on any atom is 0.341 e. The lowest BCUT2D eigenvalue weighted by Gasteiger charge is -2.56. The lowest BCUT2D eigenvalue weighted by atomic mass is 9.49. The fraction of sp³-hybridized carbons (Fsp3) is 0.632. The van der Waals surface area contributed by atoms with Crippen LogP contribution in [0.4, 0.5) is 0 Å². The maximum atomic E-state index is 12.1. The van der Waals surface area contributed by atoms with Gasteiger partial charge in [0.05, 0.1) is 5.56 Å². The number of pyridine rings is 1. The minimum absolute atomic E-state index is 0.0847. The zero-order valence-corrected chi connectivity index (χ0v) is 14.9. The number of aromatic nitrogens is 1. The van der Waals surface area contributed by atoms with E-state index in [4.69, 9.17) is 16.3 Å². The average molecular weight is 363 g/mol. The van der Waals surface area contributed by atoms with Gasteiger partial charge in [0.15, 0.2) is 6.61 Å². The third kappa shape index (κ3) is 3.52. The van der Waals surface area contributed by atoms with Crippen LogP contribution in [-0.4, -0.2) is 30.0 Å². The molecule has 4 fully saturated rings. The second kappa shape index (κ2) is 6.60. The van der Waals surface area contributed by atoms with Gasteiger partial charge < -0.3 is 10.1 Å². The van der Waals surface area contributed by atoms with Crippen LogP contribution >= 0.6 is 11.6 Å². The Labute approximate surface area is 152 Å². The zero-order chi connectivity index (χ0) is 17.4. The van der Waals surface area contributed by atoms with Crippen LogP contribution in [0, 0.1) is 23.2 Å². The number of nitrogens with one attached hydrogen (secondary N) is 1. The smallest absolute Gasteiger partial charge is 0.341 e. The van der Waals surface area contributed by atoms with Crippen LogP contribution in [0.15, 0.2) is 18.3 Å². The first-order chi connectivity index (χ1) is 12.0. The van der Waals surface area contributed by atoms with E-state index in [2.05, 4.69) is 10.3 Å². The fourth-order valence-electron chi connectivity index (χ4n) is 5.59. The predicted octanol–water partition coefficient (Wildman–Crippen LogP) is 3.22. The second-order valence-electron chi connectivity index (χ2n) is 8.11. The Morgan fingerprint density at radius 3 is 2.44 bits per heavy atom. The second-order valence-corrected chi connectivity index (χ2v) is 8.47. The molecule has 0 aliphatic heterocycles. The Morgan fingerprint density at radius 2 is 1.84 bits per heavy atom. The third-order valence-electron chi connectivity index (χ3n) is 6.14. The van der Waals surface area contributed by atoms with Gasteiger partial charge in [-0.15, -0.1) is 0 Å². The van der Waals surface area contributed by atoms with Crippen LogP contribution in [-0.2, 0) is 9.53 Å². The van der Waals surface area contributed by atoms with Crippen molar-refractivity contribution in [1.82, 2.24) is 10.3 Å². The highest BCUT2D eigenvalue weighted by molar-refractivity contribution is 6.32. The molecule has 4 saturated carbocycles. The molecule has 5 nitrogen and oxygen atoms in total. The molecule has 6 heteroatoms. The number of esters is 1. The van der Waals surface area contributed by atoms with Gasteiger partial charge in [-0.2, -0.15) is 0 Å². The molecule has 1 amide bonds. The molecule has 0 atom stereocenters. The minimum atomic E-state index is -0.622. The van der Waals surface area contributed by atoms with E-state index in [1.807, 2.05) is 0 Å². The van der Waals surface area contributed by atoms with Gasteiger partial charge in [-0.25, -0.2) is 9.78 Å². The van der Waals surface area contributed by atoms with Crippen LogP contribution in [0.1, 0.15) is 48.9 Å². The molecule has 4 aliphatic carbocycles. The summed E-state index contributed by atoms with van der Waals surface area (Å²) in [5, 5.41) is 3.08. The van der Waals surface area contributed by atoms with Crippen molar-refractivity contribution < 1.29 is 14.3 Å². The van der Waals surface area contributed by atoms with Crippen molar-refractivity contribution in [3.8, 4) is 0 Å². The molecule has 4 bridgehead atoms. The maximum absolute atomic E-state index is 12.1. The largest absolute Gasteiger partial charge is 0.452 e. The molecule has 1 heterocycles. The average Bonchev–Trinajstić information content (AvgIpc) is 2.57. The summed E-state index contributed by atoms with van der Waals surface area (Å²) in [6.45, 7) is 0.428. The Bertz CT molecular complexity index is 656. The lowest BCUT2D eigenvalue weighted by molar-refractivity contribution is -0.126. The van der Waals surface area contributed by atoms with Crippen LogP contribution < -0.4 is 5.32 Å². The van der Waals surface area contributed by atoms with E-state index in [0.29, 0.717) is 6.54 Å². The topological polar surface area (TPSA) is 68.3 Å². The normalized spacial score (nSPS) is 32.4. The highest BCUT2D eigenvalue weighted by atomic mass is 35.5. The molecule has 1 N–H and O–H groups in total. The molecular formula is C19H23ClN2O3. The molecule has 0 unspecified atom stereocenters. The number of carbonyl (C=O) groups excluding carboxylic acids is 2. The van der Waals surface area contributed by atoms with Crippen molar-refractivity contribution in [2.45, 2.75) is 38.5 Å². The summed E-state index contributed by atoms with van der Waals surface area (Å²) in [6.07, 6.45) is 9.38. The van der Waals surface area contributed by atoms with Crippen molar-refractivity contribution in [2.24, 2.45) is 23.2 Å². The van der Waals surface area contributed by atoms with Crippen molar-refractivity contribution in [3.05, 3.63) is 29.0 Å². The Morgan fingerprint density at radius 1 is 1.20 bits per heavy atom. The SMILES string of the molecule is O=C(COC(=O)c1cccnc1Cl)NCC12CC3CC(CC(C3)C1)C2. The van der Waals surface area contributed by atoms with Gasteiger partial charge >= 0.3 is 5.97 Å². The van der Waals surface area contributed by atoms with Crippen molar-refractivity contribution in [3.63, 3.8) is 0 Å². The van der Waals surface area contributed by atoms with Gasteiger partial charge in [-0.1, -0.05) is 11.6 Å². The summed E-state index contributed by atoms with van der Waals surface area (Å²) in [5.74, 6) is 1.70. The molecular weight excluding hydrogens is 340 g/mol. The molecule has 0 spiro atoms. The van der Waals surface area contributed by atoms with E-state index in [1.54, 1.807) is 6.07 Å². The molecule has 4 aliphatic rings. The summed E-state index contributed by atoms with van der Waals surface area (Å²) in [7, 11) is 0. The minimum Gasteiger partial charge on any atom is -0.452 e. The molecule has 0 aromatic carbocycles. The highest BCUT2D eigenvalue weighted by Crippen LogP contribution is 2.59. The quantitative estimate of drug-likeness (QED) is 0.645. The number of nitrogens with zero attached hydrogens (tertiary/aromatic N) is 1. The number of amides is 1. The van der Waals surface area contributed by atoms with Crippen molar-refractivity contribution in [2.75, 3.05) is 13.2 Å². The van der Waals surface area contributed by atoms with E-state index in [0.717, 1.165) is 17.8 Å². The lowest BCUT2D eigenvalue weighted by Crippen LogP contribution is -2.51. The first-order valence-electron chi connectivity index (χ1n) is 9.07. The third-order valence-corrected chi connectivity index (χ3v) is 6.44. The molecule has 25 heavy (non-hydrogen) atoms. The predicted molar refractivity (Wildman–Crippen MR) is 93.1 cm³/mol.